The van der Waals surface area contributed by atoms with Crippen molar-refractivity contribution in [1.29, 1.82) is 0 Å². The summed E-state index contributed by atoms with van der Waals surface area (Å²) in [5.74, 6) is 0.0407. The topological polar surface area (TPSA) is 41.6 Å². The van der Waals surface area contributed by atoms with Crippen molar-refractivity contribution in [2.75, 3.05) is 32.7 Å². The van der Waals surface area contributed by atoms with E-state index in [-0.39, 0.29) is 12.1 Å². The van der Waals surface area contributed by atoms with E-state index in [1.54, 1.807) is 0 Å². The largest absolute Gasteiger partial charge is 0.462 e. The molecule has 4 heteroatoms. The molecule has 0 aromatic heterocycles. The smallest absolute Gasteiger partial charge is 0.306 e. The second kappa shape index (κ2) is 23.1. The number of esters is 1. The Labute approximate surface area is 207 Å². The summed E-state index contributed by atoms with van der Waals surface area (Å²) in [7, 11) is 0. The van der Waals surface area contributed by atoms with E-state index in [9.17, 15) is 4.79 Å². The van der Waals surface area contributed by atoms with Gasteiger partial charge in [-0.2, -0.15) is 0 Å². The second-order valence-corrected chi connectivity index (χ2v) is 10.3. The van der Waals surface area contributed by atoms with E-state index < -0.39 is 0 Å². The van der Waals surface area contributed by atoms with Crippen LogP contribution in [0.25, 0.3) is 0 Å². The first kappa shape index (κ1) is 30.4. The molecular weight excluding hydrogens is 408 g/mol. The molecule has 0 aromatic rings. The Kier molecular flexibility index (Phi) is 21.3. The SMILES string of the molecule is CCCCCCCCC(CCCCCCCC)OC(=O)CCCCCNCCN1CCCC1. The summed E-state index contributed by atoms with van der Waals surface area (Å²) in [5, 5.41) is 3.56. The normalized spacial score (nSPS) is 14.4. The van der Waals surface area contributed by atoms with Crippen LogP contribution >= 0.6 is 0 Å². The lowest BCUT2D eigenvalue weighted by atomic mass is 10.0. The third-order valence-electron chi connectivity index (χ3n) is 7.10. The molecule has 1 heterocycles. The van der Waals surface area contributed by atoms with Gasteiger partial charge in [-0.3, -0.25) is 4.79 Å². The molecule has 196 valence electrons. The fraction of sp³-hybridized carbons (Fsp3) is 0.966. The maximum absolute atomic E-state index is 12.4. The Bertz CT molecular complexity index is 408. The molecule has 33 heavy (non-hydrogen) atoms. The van der Waals surface area contributed by atoms with Crippen molar-refractivity contribution in [1.82, 2.24) is 10.2 Å². The zero-order valence-electron chi connectivity index (χ0n) is 22.5. The second-order valence-electron chi connectivity index (χ2n) is 10.3. The zero-order chi connectivity index (χ0) is 23.8. The third-order valence-corrected chi connectivity index (χ3v) is 7.10. The number of hydrogen-bond donors (Lipinski definition) is 1. The predicted molar refractivity (Wildman–Crippen MR) is 143 cm³/mol. The Balaban J connectivity index is 2.09. The van der Waals surface area contributed by atoms with E-state index in [1.807, 2.05) is 0 Å². The van der Waals surface area contributed by atoms with Crippen molar-refractivity contribution in [3.63, 3.8) is 0 Å². The average Bonchev–Trinajstić information content (AvgIpc) is 3.33. The molecule has 0 bridgehead atoms. The lowest BCUT2D eigenvalue weighted by Crippen LogP contribution is -2.30. The van der Waals surface area contributed by atoms with Crippen LogP contribution in [0.3, 0.4) is 0 Å². The van der Waals surface area contributed by atoms with Crippen LogP contribution in [-0.2, 0) is 9.53 Å². The molecule has 0 aliphatic carbocycles. The first-order chi connectivity index (χ1) is 16.3. The fourth-order valence-electron chi connectivity index (χ4n) is 4.88. The number of likely N-dealkylation sites (tertiary alicyclic amines) is 1. The van der Waals surface area contributed by atoms with Gasteiger partial charge in [-0.25, -0.2) is 0 Å². The van der Waals surface area contributed by atoms with Crippen LogP contribution in [0.2, 0.25) is 0 Å². The number of unbranched alkanes of at least 4 members (excludes halogenated alkanes) is 12. The molecule has 1 rings (SSSR count). The maximum Gasteiger partial charge on any atom is 0.306 e. The summed E-state index contributed by atoms with van der Waals surface area (Å²) >= 11 is 0. The highest BCUT2D eigenvalue weighted by Gasteiger charge is 2.14. The maximum atomic E-state index is 12.4. The molecule has 0 radical (unpaired) electrons. The minimum Gasteiger partial charge on any atom is -0.462 e. The predicted octanol–water partition coefficient (Wildman–Crippen LogP) is 7.65. The minimum atomic E-state index is 0.0407. The van der Waals surface area contributed by atoms with Crippen LogP contribution in [0.1, 0.15) is 142 Å². The van der Waals surface area contributed by atoms with Crippen molar-refractivity contribution >= 4 is 5.97 Å². The van der Waals surface area contributed by atoms with E-state index in [1.165, 1.54) is 110 Å². The lowest BCUT2D eigenvalue weighted by molar-refractivity contribution is -0.150. The van der Waals surface area contributed by atoms with Gasteiger partial charge in [0.2, 0.25) is 0 Å². The molecule has 0 amide bonds. The van der Waals surface area contributed by atoms with Crippen LogP contribution in [0, 0.1) is 0 Å². The number of rotatable bonds is 24. The fourth-order valence-corrected chi connectivity index (χ4v) is 4.88. The van der Waals surface area contributed by atoms with Crippen molar-refractivity contribution in [2.45, 2.75) is 148 Å². The average molecular weight is 467 g/mol. The lowest BCUT2D eigenvalue weighted by Gasteiger charge is -2.18. The summed E-state index contributed by atoms with van der Waals surface area (Å²) in [6.45, 7) is 10.4. The highest BCUT2D eigenvalue weighted by molar-refractivity contribution is 5.69. The monoisotopic (exact) mass is 466 g/mol. The van der Waals surface area contributed by atoms with Gasteiger partial charge in [-0.05, 0) is 71.0 Å². The molecule has 4 nitrogen and oxygen atoms in total. The van der Waals surface area contributed by atoms with Crippen LogP contribution in [0.4, 0.5) is 0 Å². The molecule has 0 atom stereocenters. The highest BCUT2D eigenvalue weighted by Crippen LogP contribution is 2.18. The molecule has 1 fully saturated rings. The summed E-state index contributed by atoms with van der Waals surface area (Å²) < 4.78 is 5.95. The van der Waals surface area contributed by atoms with Crippen molar-refractivity contribution in [3.8, 4) is 0 Å². The molecule has 1 aliphatic heterocycles. The molecular formula is C29H58N2O2. The van der Waals surface area contributed by atoms with Crippen molar-refractivity contribution in [2.24, 2.45) is 0 Å². The molecule has 0 unspecified atom stereocenters. The van der Waals surface area contributed by atoms with Gasteiger partial charge < -0.3 is 15.0 Å². The Morgan fingerprint density at radius 2 is 1.27 bits per heavy atom. The number of ether oxygens (including phenoxy) is 1. The first-order valence-corrected chi connectivity index (χ1v) is 14.9. The van der Waals surface area contributed by atoms with Gasteiger partial charge in [0.15, 0.2) is 0 Å². The van der Waals surface area contributed by atoms with Crippen LogP contribution in [0.15, 0.2) is 0 Å². The van der Waals surface area contributed by atoms with E-state index >= 15 is 0 Å². The molecule has 0 aromatic carbocycles. The van der Waals surface area contributed by atoms with Crippen LogP contribution < -0.4 is 5.32 Å². The Morgan fingerprint density at radius 3 is 1.88 bits per heavy atom. The van der Waals surface area contributed by atoms with E-state index in [0.717, 1.165) is 45.2 Å². The van der Waals surface area contributed by atoms with Crippen molar-refractivity contribution < 1.29 is 9.53 Å². The number of carbonyl (C=O) groups is 1. The van der Waals surface area contributed by atoms with Gasteiger partial charge in [0, 0.05) is 19.5 Å². The number of nitrogens with zero attached hydrogens (tertiary/aromatic N) is 1. The van der Waals surface area contributed by atoms with Gasteiger partial charge in [0.05, 0.1) is 0 Å². The van der Waals surface area contributed by atoms with Gasteiger partial charge in [0.25, 0.3) is 0 Å². The van der Waals surface area contributed by atoms with Gasteiger partial charge >= 0.3 is 5.97 Å². The number of hydrogen-bond acceptors (Lipinski definition) is 4. The van der Waals surface area contributed by atoms with Gasteiger partial charge in [-0.1, -0.05) is 84.5 Å². The quantitative estimate of drug-likeness (QED) is 0.117. The Morgan fingerprint density at radius 1 is 0.727 bits per heavy atom. The zero-order valence-corrected chi connectivity index (χ0v) is 22.5. The van der Waals surface area contributed by atoms with E-state index in [4.69, 9.17) is 4.74 Å². The molecule has 1 aliphatic rings. The van der Waals surface area contributed by atoms with Crippen LogP contribution in [0.5, 0.6) is 0 Å². The summed E-state index contributed by atoms with van der Waals surface area (Å²) in [6.07, 6.45) is 24.5. The summed E-state index contributed by atoms with van der Waals surface area (Å²) in [5.41, 5.74) is 0. The van der Waals surface area contributed by atoms with E-state index in [2.05, 4.69) is 24.1 Å². The number of nitrogens with one attached hydrogen (secondary N) is 1. The standard InChI is InChI=1S/C29H58N2O2/c1-3-5-7-9-11-14-20-28(21-15-12-10-8-6-4-2)33-29(32)22-16-13-17-23-30-24-27-31-25-18-19-26-31/h28,30H,3-27H2,1-2H3. The van der Waals surface area contributed by atoms with Crippen LogP contribution in [-0.4, -0.2) is 49.7 Å². The molecule has 0 spiro atoms. The third kappa shape index (κ3) is 19.4. The van der Waals surface area contributed by atoms with Gasteiger partial charge in [0.1, 0.15) is 6.10 Å². The molecule has 1 N–H and O–H groups in total. The molecule has 1 saturated heterocycles. The first-order valence-electron chi connectivity index (χ1n) is 14.9. The summed E-state index contributed by atoms with van der Waals surface area (Å²) in [4.78, 5) is 15.0. The van der Waals surface area contributed by atoms with Crippen molar-refractivity contribution in [3.05, 3.63) is 0 Å². The number of carbonyl (C=O) groups excluding carboxylic acids is 1. The minimum absolute atomic E-state index is 0.0407. The summed E-state index contributed by atoms with van der Waals surface area (Å²) in [6, 6.07) is 0. The Hall–Kier alpha value is -0.610. The van der Waals surface area contributed by atoms with E-state index in [0.29, 0.717) is 6.42 Å². The highest BCUT2D eigenvalue weighted by atomic mass is 16.5. The van der Waals surface area contributed by atoms with Gasteiger partial charge in [-0.15, -0.1) is 0 Å². The molecule has 0 saturated carbocycles.